The van der Waals surface area contributed by atoms with Crippen molar-refractivity contribution in [3.05, 3.63) is 23.8 Å². The first-order valence-electron chi connectivity index (χ1n) is 19.1. The summed E-state index contributed by atoms with van der Waals surface area (Å²) in [6.07, 6.45) is -0.373. The Balaban J connectivity index is 2.17. The lowest BCUT2D eigenvalue weighted by Gasteiger charge is -2.38. The van der Waals surface area contributed by atoms with Crippen LogP contribution in [0.4, 0.5) is 5.69 Å². The molecule has 1 saturated heterocycles. The van der Waals surface area contributed by atoms with E-state index in [0.717, 1.165) is 11.8 Å². The molecule has 0 aromatic heterocycles. The van der Waals surface area contributed by atoms with E-state index in [0.29, 0.717) is 24.8 Å². The second-order valence-electron chi connectivity index (χ2n) is 15.2. The van der Waals surface area contributed by atoms with Gasteiger partial charge in [-0.05, 0) is 42.9 Å². The summed E-state index contributed by atoms with van der Waals surface area (Å²) >= 11 is 0.728. The minimum absolute atomic E-state index is 0.0557. The molecule has 23 heteroatoms. The van der Waals surface area contributed by atoms with Crippen LogP contribution in [0.2, 0.25) is 0 Å². The normalized spacial score (nSPS) is 23.8. The van der Waals surface area contributed by atoms with Crippen LogP contribution in [0.1, 0.15) is 70.8 Å². The first-order chi connectivity index (χ1) is 28.1. The zero-order valence-corrected chi connectivity index (χ0v) is 33.9. The zero-order valence-electron chi connectivity index (χ0n) is 33.1. The Labute approximate surface area is 348 Å². The van der Waals surface area contributed by atoms with Crippen LogP contribution >= 0.6 is 11.8 Å². The Morgan fingerprint density at radius 3 is 1.92 bits per heavy atom. The van der Waals surface area contributed by atoms with Gasteiger partial charge in [0.1, 0.15) is 41.5 Å². The molecule has 1 aliphatic heterocycles. The predicted molar refractivity (Wildman–Crippen MR) is 213 cm³/mol. The highest BCUT2D eigenvalue weighted by atomic mass is 32.2. The van der Waals surface area contributed by atoms with Gasteiger partial charge >= 0.3 is 11.9 Å². The maximum Gasteiger partial charge on any atom is 0.317 e. The van der Waals surface area contributed by atoms with E-state index in [1.165, 1.54) is 18.2 Å². The summed E-state index contributed by atoms with van der Waals surface area (Å²) < 4.78 is 0. The van der Waals surface area contributed by atoms with Crippen LogP contribution in [0.15, 0.2) is 18.2 Å². The Morgan fingerprint density at radius 1 is 0.783 bits per heavy atom. The molecular formula is C37H53N9O13S. The number of aliphatic carboxylic acids is 2. The molecule has 1 aromatic rings. The lowest BCUT2D eigenvalue weighted by atomic mass is 9.80. The number of carboxylic acid groups (broad SMARTS) is 2. The summed E-state index contributed by atoms with van der Waals surface area (Å²) in [6, 6.07) is -3.92. The van der Waals surface area contributed by atoms with Crippen LogP contribution in [-0.2, 0) is 54.4 Å². The number of hydrogen-bond donors (Lipinski definition) is 12. The molecule has 60 heavy (non-hydrogen) atoms. The fraction of sp³-hybridized carbons (Fsp3) is 0.568. The second kappa shape index (κ2) is 21.8. The Hall–Kier alpha value is -6.13. The number of thioether (sulfide) groups is 1. The first kappa shape index (κ1) is 48.2. The van der Waals surface area contributed by atoms with Gasteiger partial charge in [-0.3, -0.25) is 47.9 Å². The number of phenols is 1. The van der Waals surface area contributed by atoms with Gasteiger partial charge in [0.2, 0.25) is 47.3 Å². The molecule has 330 valence electrons. The van der Waals surface area contributed by atoms with Gasteiger partial charge in [-0.2, -0.15) is 0 Å². The average Bonchev–Trinajstić information content (AvgIpc) is 3.15. The lowest BCUT2D eigenvalue weighted by Crippen LogP contribution is -2.66. The van der Waals surface area contributed by atoms with Crippen molar-refractivity contribution in [1.29, 1.82) is 0 Å². The highest BCUT2D eigenvalue weighted by Gasteiger charge is 2.44. The van der Waals surface area contributed by atoms with E-state index >= 15 is 0 Å². The van der Waals surface area contributed by atoms with Crippen LogP contribution in [0.25, 0.3) is 0 Å². The molecule has 0 bridgehead atoms. The Morgan fingerprint density at radius 2 is 1.37 bits per heavy atom. The SMILES string of the molecule is CC(C)C[C@@H]1NC(=O)[C@H](CC(C(=O)O)C(=O)O)NC(=O)CSC[C@H](C(N)=O)NC(=O)[C@H](CC(N)=O)NC(=O)C2(CCCCC2)NC(=O)[C@H](Cc2ccc(O)c(N)c2)NC1=O. The number of amides is 8. The van der Waals surface area contributed by atoms with Crippen molar-refractivity contribution in [2.75, 3.05) is 17.2 Å². The largest absolute Gasteiger partial charge is 0.506 e. The van der Waals surface area contributed by atoms with Crippen LogP contribution in [0.5, 0.6) is 5.75 Å². The molecular weight excluding hydrogens is 811 g/mol. The van der Waals surface area contributed by atoms with Crippen LogP contribution in [0.3, 0.4) is 0 Å². The van der Waals surface area contributed by atoms with Crippen molar-refractivity contribution in [2.24, 2.45) is 23.3 Å². The number of hydrogen-bond acceptors (Lipinski definition) is 13. The van der Waals surface area contributed by atoms with Crippen molar-refractivity contribution >= 4 is 76.6 Å². The maximum atomic E-state index is 14.4. The topological polar surface area (TPSA) is 382 Å². The molecule has 8 amide bonds. The van der Waals surface area contributed by atoms with E-state index < -0.39 is 119 Å². The molecule has 3 rings (SSSR count). The number of primary amides is 2. The molecule has 1 heterocycles. The van der Waals surface area contributed by atoms with Crippen molar-refractivity contribution in [3.8, 4) is 5.75 Å². The van der Waals surface area contributed by atoms with Gasteiger partial charge < -0.3 is 64.4 Å². The standard InChI is InChI=1S/C37H53N9O13S/c1-17(2)10-21-30(51)43-22(12-18-6-7-26(47)20(38)11-18)33(54)46-37(8-4-3-5-9-37)36(59)45-24(14-27(39)48)32(53)44-25(29(40)50)15-60-16-28(49)41-23(31(52)42-21)13-19(34(55)56)35(57)58/h6-7,11,17,19,21-25,47H,3-5,8-10,12-16,38H2,1-2H3,(H2,39,48)(H2,40,50)(H,41,49)(H,42,52)(H,43,51)(H,44,53)(H,45,59)(H,46,54)(H,55,56)(H,57,58)/t21-,22-,23-,24-,25+/m0/s1. The smallest absolute Gasteiger partial charge is 0.317 e. The summed E-state index contributed by atoms with van der Waals surface area (Å²) in [7, 11) is 0. The van der Waals surface area contributed by atoms with E-state index in [1.54, 1.807) is 13.8 Å². The fourth-order valence-corrected chi connectivity index (χ4v) is 7.63. The molecule has 2 fully saturated rings. The number of carboxylic acids is 2. The number of nitrogens with two attached hydrogens (primary N) is 3. The number of benzene rings is 1. The number of aromatic hydroxyl groups is 1. The van der Waals surface area contributed by atoms with Gasteiger partial charge in [-0.15, -0.1) is 11.8 Å². The number of nitrogen functional groups attached to an aromatic ring is 1. The van der Waals surface area contributed by atoms with Gasteiger partial charge in [0, 0.05) is 18.6 Å². The second-order valence-corrected chi connectivity index (χ2v) is 16.3. The summed E-state index contributed by atoms with van der Waals surface area (Å²) in [5, 5.41) is 44.1. The predicted octanol–water partition coefficient (Wildman–Crippen LogP) is -2.91. The van der Waals surface area contributed by atoms with Gasteiger partial charge in [0.25, 0.3) is 0 Å². The van der Waals surface area contributed by atoms with Gasteiger partial charge in [-0.1, -0.05) is 39.2 Å². The zero-order chi connectivity index (χ0) is 44.9. The molecule has 0 radical (unpaired) electrons. The number of phenolic OH excluding ortho intramolecular Hbond substituents is 1. The molecule has 1 saturated carbocycles. The van der Waals surface area contributed by atoms with Crippen molar-refractivity contribution < 1.29 is 63.3 Å². The van der Waals surface area contributed by atoms with Crippen molar-refractivity contribution in [2.45, 2.75) is 107 Å². The Bertz CT molecular complexity index is 1820. The third-order valence-electron chi connectivity index (χ3n) is 9.93. The van der Waals surface area contributed by atoms with Gasteiger partial charge in [-0.25, -0.2) is 0 Å². The summed E-state index contributed by atoms with van der Waals surface area (Å²) in [5.41, 5.74) is 15.4. The third kappa shape index (κ3) is 14.0. The van der Waals surface area contributed by atoms with E-state index in [9.17, 15) is 63.3 Å². The van der Waals surface area contributed by atoms with Crippen molar-refractivity contribution in [3.63, 3.8) is 0 Å². The third-order valence-corrected chi connectivity index (χ3v) is 11.0. The number of carbonyl (C=O) groups excluding carboxylic acids is 8. The summed E-state index contributed by atoms with van der Waals surface area (Å²) in [4.78, 5) is 131. The van der Waals surface area contributed by atoms with Gasteiger partial charge in [0.15, 0.2) is 5.92 Å². The maximum absolute atomic E-state index is 14.4. The van der Waals surface area contributed by atoms with Crippen LogP contribution < -0.4 is 49.1 Å². The molecule has 1 aromatic carbocycles. The van der Waals surface area contributed by atoms with E-state index in [-0.39, 0.29) is 48.8 Å². The molecule has 1 aliphatic carbocycles. The highest BCUT2D eigenvalue weighted by Crippen LogP contribution is 2.30. The molecule has 22 nitrogen and oxygen atoms in total. The summed E-state index contributed by atoms with van der Waals surface area (Å²) in [5.74, 6) is -15.2. The van der Waals surface area contributed by atoms with E-state index in [1.807, 2.05) is 0 Å². The Kier molecular flexibility index (Phi) is 17.5. The van der Waals surface area contributed by atoms with Crippen LogP contribution in [-0.4, -0.2) is 122 Å². The molecule has 0 unspecified atom stereocenters. The fourth-order valence-electron chi connectivity index (χ4n) is 6.76. The monoisotopic (exact) mass is 863 g/mol. The van der Waals surface area contributed by atoms with E-state index in [2.05, 4.69) is 31.9 Å². The number of anilines is 1. The van der Waals surface area contributed by atoms with Crippen LogP contribution in [0, 0.1) is 11.8 Å². The molecule has 5 atom stereocenters. The molecule has 15 N–H and O–H groups in total. The first-order valence-corrected chi connectivity index (χ1v) is 20.3. The quantitative estimate of drug-likeness (QED) is 0.0603. The van der Waals surface area contributed by atoms with Crippen molar-refractivity contribution in [1.82, 2.24) is 31.9 Å². The lowest BCUT2D eigenvalue weighted by molar-refractivity contribution is -0.155. The van der Waals surface area contributed by atoms with E-state index in [4.69, 9.17) is 17.2 Å². The average molecular weight is 864 g/mol. The minimum Gasteiger partial charge on any atom is -0.506 e. The minimum atomic E-state index is -2.18. The summed E-state index contributed by atoms with van der Waals surface area (Å²) in [6.45, 7) is 3.42. The number of nitrogens with one attached hydrogen (secondary N) is 6. The van der Waals surface area contributed by atoms with Gasteiger partial charge in [0.05, 0.1) is 17.9 Å². The molecule has 2 aliphatic rings. The number of carbonyl (C=O) groups is 10. The highest BCUT2D eigenvalue weighted by molar-refractivity contribution is 8.00. The molecule has 1 spiro atoms. The number of rotatable bonds is 11.